The maximum atomic E-state index is 11.8. The summed E-state index contributed by atoms with van der Waals surface area (Å²) in [6, 6.07) is 0.750. The van der Waals surface area contributed by atoms with Gasteiger partial charge in [-0.15, -0.1) is 0 Å². The summed E-state index contributed by atoms with van der Waals surface area (Å²) in [5.41, 5.74) is 0.446. The first kappa shape index (κ1) is 18.2. The average Bonchev–Trinajstić information content (AvgIpc) is 2.92. The predicted molar refractivity (Wildman–Crippen MR) is 96.0 cm³/mol. The van der Waals surface area contributed by atoms with Gasteiger partial charge in [-0.2, -0.15) is 0 Å². The van der Waals surface area contributed by atoms with Crippen molar-refractivity contribution in [2.24, 2.45) is 11.3 Å². The zero-order chi connectivity index (χ0) is 17.0. The van der Waals surface area contributed by atoms with E-state index in [4.69, 9.17) is 4.74 Å². The Balaban J connectivity index is 1.62. The Hall–Kier alpha value is -0.650. The van der Waals surface area contributed by atoms with Gasteiger partial charge < -0.3 is 15.0 Å². The van der Waals surface area contributed by atoms with Crippen LogP contribution < -0.4 is 5.32 Å². The van der Waals surface area contributed by atoms with E-state index in [1.807, 2.05) is 0 Å². The van der Waals surface area contributed by atoms with Gasteiger partial charge in [-0.05, 0) is 57.2 Å². The minimum atomic E-state index is 0.0289. The molecule has 3 rings (SSSR count). The van der Waals surface area contributed by atoms with Crippen LogP contribution >= 0.6 is 0 Å². The lowest BCUT2D eigenvalue weighted by molar-refractivity contribution is -0.125. The van der Waals surface area contributed by atoms with Crippen LogP contribution in [0.5, 0.6) is 0 Å². The van der Waals surface area contributed by atoms with Gasteiger partial charge in [0.05, 0.1) is 0 Å². The first-order valence-electron chi connectivity index (χ1n) is 9.81. The summed E-state index contributed by atoms with van der Waals surface area (Å²) in [6.07, 6.45) is 9.42. The zero-order valence-electron chi connectivity index (χ0n) is 15.6. The molecule has 1 unspecified atom stereocenters. The molecule has 0 radical (unpaired) electrons. The molecule has 3 fully saturated rings. The van der Waals surface area contributed by atoms with Crippen LogP contribution in [0, 0.1) is 11.3 Å². The van der Waals surface area contributed by atoms with E-state index in [2.05, 4.69) is 22.2 Å². The molecule has 1 spiro atoms. The number of rotatable bonds is 5. The molecule has 24 heavy (non-hydrogen) atoms. The van der Waals surface area contributed by atoms with Crippen LogP contribution in [0.1, 0.15) is 44.9 Å². The zero-order valence-corrected chi connectivity index (χ0v) is 15.6. The Morgan fingerprint density at radius 2 is 1.92 bits per heavy atom. The van der Waals surface area contributed by atoms with Crippen molar-refractivity contribution in [1.82, 2.24) is 15.1 Å². The van der Waals surface area contributed by atoms with E-state index in [9.17, 15) is 4.79 Å². The van der Waals surface area contributed by atoms with E-state index in [0.29, 0.717) is 11.3 Å². The lowest BCUT2D eigenvalue weighted by Crippen LogP contribution is -2.43. The van der Waals surface area contributed by atoms with E-state index >= 15 is 0 Å². The largest absolute Gasteiger partial charge is 0.375 e. The van der Waals surface area contributed by atoms with Crippen molar-refractivity contribution in [3.05, 3.63) is 0 Å². The number of carbonyl (C=O) groups excluding carboxylic acids is 1. The van der Waals surface area contributed by atoms with Gasteiger partial charge in [0.25, 0.3) is 0 Å². The number of likely N-dealkylation sites (tertiary alicyclic amines) is 2. The lowest BCUT2D eigenvalue weighted by Gasteiger charge is -2.39. The molecule has 2 saturated heterocycles. The van der Waals surface area contributed by atoms with E-state index in [1.54, 1.807) is 7.11 Å². The van der Waals surface area contributed by atoms with Crippen molar-refractivity contribution in [3.63, 3.8) is 0 Å². The second kappa shape index (κ2) is 8.15. The molecular weight excluding hydrogens is 302 g/mol. The molecule has 5 heteroatoms. The molecule has 1 amide bonds. The Morgan fingerprint density at radius 1 is 1.21 bits per heavy atom. The standard InChI is InChI=1S/C19H35N3O2/c1-21-10-6-17(7-11-21)22-13-16(12-20-18(23)14-24-2)19(15-22)8-4-3-5-9-19/h16-17H,3-15H2,1-2H3,(H,20,23). The fourth-order valence-electron chi connectivity index (χ4n) is 5.24. The Kier molecular flexibility index (Phi) is 6.17. The average molecular weight is 338 g/mol. The van der Waals surface area contributed by atoms with Crippen molar-refractivity contribution in [2.45, 2.75) is 51.0 Å². The monoisotopic (exact) mass is 337 g/mol. The highest BCUT2D eigenvalue weighted by molar-refractivity contribution is 5.77. The van der Waals surface area contributed by atoms with Gasteiger partial charge in [0.1, 0.15) is 6.61 Å². The van der Waals surface area contributed by atoms with Gasteiger partial charge >= 0.3 is 0 Å². The minimum absolute atomic E-state index is 0.0289. The maximum Gasteiger partial charge on any atom is 0.245 e. The minimum Gasteiger partial charge on any atom is -0.375 e. The highest BCUT2D eigenvalue weighted by Gasteiger charge is 2.48. The molecule has 138 valence electrons. The summed E-state index contributed by atoms with van der Waals surface area (Å²) in [5.74, 6) is 0.638. The van der Waals surface area contributed by atoms with Gasteiger partial charge in [0, 0.05) is 32.8 Å². The number of ether oxygens (including phenoxy) is 1. The molecule has 2 heterocycles. The van der Waals surface area contributed by atoms with E-state index < -0.39 is 0 Å². The van der Waals surface area contributed by atoms with Crippen molar-refractivity contribution >= 4 is 5.91 Å². The van der Waals surface area contributed by atoms with Crippen molar-refractivity contribution < 1.29 is 9.53 Å². The molecule has 1 atom stereocenters. The Morgan fingerprint density at radius 3 is 2.58 bits per heavy atom. The summed E-state index contributed by atoms with van der Waals surface area (Å²) in [7, 11) is 3.82. The van der Waals surface area contributed by atoms with Crippen LogP contribution in [0.2, 0.25) is 0 Å². The molecule has 3 aliphatic rings. The molecule has 0 bridgehead atoms. The number of hydrogen-bond acceptors (Lipinski definition) is 4. The Bertz CT molecular complexity index is 415. The molecule has 0 aromatic rings. The maximum absolute atomic E-state index is 11.8. The number of methoxy groups -OCH3 is 1. The number of nitrogens with one attached hydrogen (secondary N) is 1. The highest BCUT2D eigenvalue weighted by Crippen LogP contribution is 2.48. The second-order valence-electron chi connectivity index (χ2n) is 8.32. The smallest absolute Gasteiger partial charge is 0.245 e. The number of piperidine rings is 1. The highest BCUT2D eigenvalue weighted by atomic mass is 16.5. The van der Waals surface area contributed by atoms with E-state index in [0.717, 1.165) is 12.6 Å². The molecule has 1 aliphatic carbocycles. The number of nitrogens with zero attached hydrogens (tertiary/aromatic N) is 2. The van der Waals surface area contributed by atoms with Crippen LogP contribution in [0.25, 0.3) is 0 Å². The fourth-order valence-corrected chi connectivity index (χ4v) is 5.24. The van der Waals surface area contributed by atoms with Gasteiger partial charge in [-0.25, -0.2) is 0 Å². The van der Waals surface area contributed by atoms with Crippen molar-refractivity contribution in [3.8, 4) is 0 Å². The predicted octanol–water partition coefficient (Wildman–Crippen LogP) is 1.73. The third-order valence-corrected chi connectivity index (χ3v) is 6.71. The van der Waals surface area contributed by atoms with Gasteiger partial charge in [-0.1, -0.05) is 19.3 Å². The molecule has 5 nitrogen and oxygen atoms in total. The van der Waals surface area contributed by atoms with Gasteiger partial charge in [0.2, 0.25) is 5.91 Å². The Labute approximate surface area is 147 Å². The molecule has 0 aromatic carbocycles. The SMILES string of the molecule is COCC(=O)NCC1CN(C2CCN(C)CC2)CC12CCCCC2. The number of hydrogen-bond donors (Lipinski definition) is 1. The quantitative estimate of drug-likeness (QED) is 0.830. The summed E-state index contributed by atoms with van der Waals surface area (Å²) < 4.78 is 4.96. The van der Waals surface area contributed by atoms with E-state index in [-0.39, 0.29) is 12.5 Å². The van der Waals surface area contributed by atoms with E-state index in [1.165, 1.54) is 71.1 Å². The van der Waals surface area contributed by atoms with Crippen LogP contribution in [-0.2, 0) is 9.53 Å². The first-order valence-corrected chi connectivity index (χ1v) is 9.81. The first-order chi connectivity index (χ1) is 11.6. The fraction of sp³-hybridized carbons (Fsp3) is 0.947. The normalized spacial score (nSPS) is 29.2. The summed E-state index contributed by atoms with van der Waals surface area (Å²) in [6.45, 7) is 5.88. The van der Waals surface area contributed by atoms with Crippen molar-refractivity contribution in [1.29, 1.82) is 0 Å². The van der Waals surface area contributed by atoms with Crippen LogP contribution in [-0.4, -0.2) is 75.2 Å². The molecule has 0 aromatic heterocycles. The number of carbonyl (C=O) groups is 1. The second-order valence-corrected chi connectivity index (χ2v) is 8.32. The lowest BCUT2D eigenvalue weighted by atomic mass is 9.67. The molecular formula is C19H35N3O2. The van der Waals surface area contributed by atoms with Crippen molar-refractivity contribution in [2.75, 3.05) is 53.5 Å². The van der Waals surface area contributed by atoms with Crippen LogP contribution in [0.3, 0.4) is 0 Å². The van der Waals surface area contributed by atoms with Gasteiger partial charge in [0.15, 0.2) is 0 Å². The summed E-state index contributed by atoms with van der Waals surface area (Å²) >= 11 is 0. The van der Waals surface area contributed by atoms with Crippen LogP contribution in [0.4, 0.5) is 0 Å². The summed E-state index contributed by atoms with van der Waals surface area (Å²) in [4.78, 5) is 17.1. The van der Waals surface area contributed by atoms with Gasteiger partial charge in [-0.3, -0.25) is 9.69 Å². The third kappa shape index (κ3) is 4.12. The molecule has 1 saturated carbocycles. The summed E-state index contributed by atoms with van der Waals surface area (Å²) in [5, 5.41) is 3.13. The topological polar surface area (TPSA) is 44.8 Å². The van der Waals surface area contributed by atoms with Crippen LogP contribution in [0.15, 0.2) is 0 Å². The third-order valence-electron chi connectivity index (χ3n) is 6.71. The number of amides is 1. The molecule has 1 N–H and O–H groups in total. The molecule has 2 aliphatic heterocycles.